The van der Waals surface area contributed by atoms with Gasteiger partial charge in [0, 0.05) is 18.3 Å². The Balaban J connectivity index is 2.30. The van der Waals surface area contributed by atoms with Gasteiger partial charge in [-0.25, -0.2) is 13.1 Å². The first-order chi connectivity index (χ1) is 8.53. The number of rotatable bonds is 4. The molecule has 0 amide bonds. The van der Waals surface area contributed by atoms with Crippen LogP contribution in [0, 0.1) is 0 Å². The molecule has 1 aliphatic heterocycles. The summed E-state index contributed by atoms with van der Waals surface area (Å²) >= 11 is 0. The number of hydrogen-bond donors (Lipinski definition) is 2. The van der Waals surface area contributed by atoms with E-state index in [1.54, 1.807) is 6.07 Å². The summed E-state index contributed by atoms with van der Waals surface area (Å²) in [5.41, 5.74) is 5.99. The van der Waals surface area contributed by atoms with Gasteiger partial charge in [0.1, 0.15) is 10.6 Å². The molecular formula is C11H16N2O4S. The Morgan fingerprint density at radius 1 is 1.50 bits per heavy atom. The van der Waals surface area contributed by atoms with Crippen LogP contribution in [-0.2, 0) is 14.8 Å². The van der Waals surface area contributed by atoms with Gasteiger partial charge in [-0.3, -0.25) is 0 Å². The molecule has 1 atom stereocenters. The number of nitrogen functional groups attached to an aromatic ring is 1. The van der Waals surface area contributed by atoms with Gasteiger partial charge in [0.25, 0.3) is 0 Å². The number of ether oxygens (including phenoxy) is 2. The molecule has 1 fully saturated rings. The van der Waals surface area contributed by atoms with Crippen molar-refractivity contribution in [3.63, 3.8) is 0 Å². The van der Waals surface area contributed by atoms with E-state index in [1.165, 1.54) is 19.2 Å². The standard InChI is InChI=1S/C11H16N2O4S/c1-16-10-3-2-8(12)6-11(10)18(14,15)13-9-4-5-17-7-9/h2-3,6,9,13H,4-5,7,12H2,1H3/t9-/m0/s1. The van der Waals surface area contributed by atoms with E-state index in [-0.39, 0.29) is 16.7 Å². The fourth-order valence-corrected chi connectivity index (χ4v) is 3.27. The Hall–Kier alpha value is -1.31. The minimum absolute atomic E-state index is 0.0527. The molecule has 18 heavy (non-hydrogen) atoms. The highest BCUT2D eigenvalue weighted by Crippen LogP contribution is 2.26. The minimum atomic E-state index is -3.64. The van der Waals surface area contributed by atoms with E-state index >= 15 is 0 Å². The Morgan fingerprint density at radius 3 is 2.89 bits per heavy atom. The average molecular weight is 272 g/mol. The molecule has 0 unspecified atom stereocenters. The molecule has 0 bridgehead atoms. The molecule has 7 heteroatoms. The number of anilines is 1. The fourth-order valence-electron chi connectivity index (χ4n) is 1.81. The van der Waals surface area contributed by atoms with Gasteiger partial charge in [-0.15, -0.1) is 0 Å². The SMILES string of the molecule is COc1ccc(N)cc1S(=O)(=O)N[C@H]1CCOC1. The zero-order valence-corrected chi connectivity index (χ0v) is 10.9. The summed E-state index contributed by atoms with van der Waals surface area (Å²) in [6, 6.07) is 4.32. The first-order valence-electron chi connectivity index (χ1n) is 5.56. The number of methoxy groups -OCH3 is 1. The van der Waals surface area contributed by atoms with Crippen LogP contribution in [0.15, 0.2) is 23.1 Å². The summed E-state index contributed by atoms with van der Waals surface area (Å²) in [4.78, 5) is 0.0527. The topological polar surface area (TPSA) is 90.7 Å². The molecule has 1 aromatic rings. The van der Waals surface area contributed by atoms with Crippen molar-refractivity contribution in [2.75, 3.05) is 26.1 Å². The van der Waals surface area contributed by atoms with E-state index in [0.717, 1.165) is 0 Å². The Morgan fingerprint density at radius 2 is 2.28 bits per heavy atom. The molecule has 0 saturated carbocycles. The van der Waals surface area contributed by atoms with Crippen molar-refractivity contribution >= 4 is 15.7 Å². The highest BCUT2D eigenvalue weighted by molar-refractivity contribution is 7.89. The molecule has 100 valence electrons. The minimum Gasteiger partial charge on any atom is -0.495 e. The predicted octanol–water partition coefficient (Wildman–Crippen LogP) is 0.345. The van der Waals surface area contributed by atoms with E-state index in [1.807, 2.05) is 0 Å². The number of nitrogens with two attached hydrogens (primary N) is 1. The monoisotopic (exact) mass is 272 g/mol. The van der Waals surface area contributed by atoms with Crippen LogP contribution in [0.25, 0.3) is 0 Å². The highest BCUT2D eigenvalue weighted by Gasteiger charge is 2.26. The maximum Gasteiger partial charge on any atom is 0.244 e. The number of sulfonamides is 1. The molecule has 1 aromatic carbocycles. The molecule has 3 N–H and O–H groups in total. The molecule has 1 aliphatic rings. The fraction of sp³-hybridized carbons (Fsp3) is 0.455. The quantitative estimate of drug-likeness (QED) is 0.772. The predicted molar refractivity (Wildman–Crippen MR) is 67.0 cm³/mol. The van der Waals surface area contributed by atoms with Gasteiger partial charge in [-0.2, -0.15) is 0 Å². The van der Waals surface area contributed by atoms with Crippen LogP contribution in [0.3, 0.4) is 0 Å². The summed E-state index contributed by atoms with van der Waals surface area (Å²) in [5.74, 6) is 0.274. The lowest BCUT2D eigenvalue weighted by Gasteiger charge is -2.14. The third-order valence-corrected chi connectivity index (χ3v) is 4.27. The lowest BCUT2D eigenvalue weighted by Crippen LogP contribution is -2.35. The van der Waals surface area contributed by atoms with Crippen molar-refractivity contribution in [2.24, 2.45) is 0 Å². The Kier molecular flexibility index (Phi) is 3.74. The lowest BCUT2D eigenvalue weighted by molar-refractivity contribution is 0.192. The molecule has 1 heterocycles. The van der Waals surface area contributed by atoms with Crippen molar-refractivity contribution in [1.29, 1.82) is 0 Å². The van der Waals surface area contributed by atoms with Gasteiger partial charge >= 0.3 is 0 Å². The third-order valence-electron chi connectivity index (χ3n) is 2.73. The molecule has 6 nitrogen and oxygen atoms in total. The lowest BCUT2D eigenvalue weighted by atomic mass is 10.3. The summed E-state index contributed by atoms with van der Waals surface area (Å²) in [7, 11) is -2.22. The number of hydrogen-bond acceptors (Lipinski definition) is 5. The molecule has 2 rings (SSSR count). The first-order valence-corrected chi connectivity index (χ1v) is 7.05. The zero-order chi connectivity index (χ0) is 13.2. The molecule has 0 aromatic heterocycles. The normalized spacial score (nSPS) is 19.9. The van der Waals surface area contributed by atoms with Crippen LogP contribution in [0.4, 0.5) is 5.69 Å². The maximum atomic E-state index is 12.2. The van der Waals surface area contributed by atoms with E-state index in [4.69, 9.17) is 15.2 Å². The van der Waals surface area contributed by atoms with Gasteiger partial charge in [-0.05, 0) is 24.6 Å². The third kappa shape index (κ3) is 2.74. The molecule has 0 radical (unpaired) electrons. The smallest absolute Gasteiger partial charge is 0.244 e. The highest BCUT2D eigenvalue weighted by atomic mass is 32.2. The van der Waals surface area contributed by atoms with Crippen LogP contribution < -0.4 is 15.2 Å². The van der Waals surface area contributed by atoms with E-state index < -0.39 is 10.0 Å². The summed E-state index contributed by atoms with van der Waals surface area (Å²) in [5, 5.41) is 0. The summed E-state index contributed by atoms with van der Waals surface area (Å²) in [6.07, 6.45) is 0.670. The van der Waals surface area contributed by atoms with E-state index in [9.17, 15) is 8.42 Å². The van der Waals surface area contributed by atoms with E-state index in [2.05, 4.69) is 4.72 Å². The van der Waals surface area contributed by atoms with Crippen molar-refractivity contribution in [1.82, 2.24) is 4.72 Å². The molecular weight excluding hydrogens is 256 g/mol. The van der Waals surface area contributed by atoms with Gasteiger partial charge in [0.2, 0.25) is 10.0 Å². The number of benzene rings is 1. The summed E-state index contributed by atoms with van der Waals surface area (Å²) < 4.78 is 37.2. The molecule has 0 spiro atoms. The van der Waals surface area contributed by atoms with E-state index in [0.29, 0.717) is 25.3 Å². The molecule has 1 saturated heterocycles. The van der Waals surface area contributed by atoms with Gasteiger partial charge < -0.3 is 15.2 Å². The molecule has 0 aliphatic carbocycles. The second-order valence-corrected chi connectivity index (χ2v) is 5.77. The van der Waals surface area contributed by atoms with Crippen LogP contribution in [0.2, 0.25) is 0 Å². The van der Waals surface area contributed by atoms with Gasteiger partial charge in [0.05, 0.1) is 13.7 Å². The van der Waals surface area contributed by atoms with Gasteiger partial charge in [-0.1, -0.05) is 0 Å². The van der Waals surface area contributed by atoms with Crippen molar-refractivity contribution in [3.8, 4) is 5.75 Å². The average Bonchev–Trinajstić information content (AvgIpc) is 2.81. The number of nitrogens with one attached hydrogen (secondary N) is 1. The Labute approximate surface area is 106 Å². The largest absolute Gasteiger partial charge is 0.495 e. The van der Waals surface area contributed by atoms with Gasteiger partial charge in [0.15, 0.2) is 0 Å². The van der Waals surface area contributed by atoms with Crippen molar-refractivity contribution < 1.29 is 17.9 Å². The summed E-state index contributed by atoms with van der Waals surface area (Å²) in [6.45, 7) is 0.963. The van der Waals surface area contributed by atoms with Crippen LogP contribution in [0.5, 0.6) is 5.75 Å². The zero-order valence-electron chi connectivity index (χ0n) is 10.0. The second-order valence-electron chi connectivity index (χ2n) is 4.09. The van der Waals surface area contributed by atoms with Crippen molar-refractivity contribution in [2.45, 2.75) is 17.4 Å². The first kappa shape index (κ1) is 13.1. The van der Waals surface area contributed by atoms with Crippen LogP contribution in [0.1, 0.15) is 6.42 Å². The van der Waals surface area contributed by atoms with Crippen molar-refractivity contribution in [3.05, 3.63) is 18.2 Å². The Bertz CT molecular complexity index is 524. The maximum absolute atomic E-state index is 12.2. The second kappa shape index (κ2) is 5.13. The van der Waals surface area contributed by atoms with Crippen LogP contribution >= 0.6 is 0 Å². The van der Waals surface area contributed by atoms with Crippen LogP contribution in [-0.4, -0.2) is 34.8 Å².